The maximum atomic E-state index is 2.46. The zero-order valence-corrected chi connectivity index (χ0v) is 23.6. The van der Waals surface area contributed by atoms with Crippen molar-refractivity contribution in [3.63, 3.8) is 0 Å². The Hall–Kier alpha value is -4.88. The van der Waals surface area contributed by atoms with Gasteiger partial charge < -0.3 is 4.90 Å². The van der Waals surface area contributed by atoms with E-state index in [1.165, 1.54) is 71.5 Å². The second-order valence-electron chi connectivity index (χ2n) is 11.9. The molecule has 196 valence electrons. The van der Waals surface area contributed by atoms with Crippen LogP contribution in [-0.2, 0) is 5.41 Å². The zero-order valence-electron chi connectivity index (χ0n) is 23.6. The van der Waals surface area contributed by atoms with E-state index < -0.39 is 0 Å². The van der Waals surface area contributed by atoms with E-state index in [1.54, 1.807) is 0 Å². The maximum absolute atomic E-state index is 2.46. The molecule has 0 bridgehead atoms. The van der Waals surface area contributed by atoms with E-state index >= 15 is 0 Å². The fourth-order valence-corrected chi connectivity index (χ4v) is 7.14. The zero-order chi connectivity index (χ0) is 27.7. The van der Waals surface area contributed by atoms with Crippen molar-refractivity contribution in [3.8, 4) is 11.1 Å². The summed E-state index contributed by atoms with van der Waals surface area (Å²) < 4.78 is 0. The van der Waals surface area contributed by atoms with Crippen molar-refractivity contribution in [3.05, 3.63) is 150 Å². The fraction of sp³-hybridized carbons (Fsp3) is 0.100. The minimum atomic E-state index is -0.117. The summed E-state index contributed by atoms with van der Waals surface area (Å²) in [7, 11) is 0. The summed E-state index contributed by atoms with van der Waals surface area (Å²) in [6.45, 7) is 6.96. The number of rotatable bonds is 3. The SMILES string of the molecule is Cc1cccc(N(c2ccccc2)c2ccc3cc4c(cc3c2)C(C)(C)c2c-4c3ccccc3c3ccccc23)c1. The average Bonchev–Trinajstić information content (AvgIpc) is 3.23. The van der Waals surface area contributed by atoms with Crippen molar-refractivity contribution >= 4 is 49.4 Å². The van der Waals surface area contributed by atoms with Crippen LogP contribution in [0.3, 0.4) is 0 Å². The van der Waals surface area contributed by atoms with Gasteiger partial charge in [0.2, 0.25) is 0 Å². The molecule has 0 spiro atoms. The first-order valence-electron chi connectivity index (χ1n) is 14.5. The number of hydrogen-bond donors (Lipinski definition) is 0. The molecule has 0 saturated heterocycles. The second kappa shape index (κ2) is 8.81. The van der Waals surface area contributed by atoms with Crippen LogP contribution >= 0.6 is 0 Å². The van der Waals surface area contributed by atoms with Crippen molar-refractivity contribution in [2.75, 3.05) is 4.90 Å². The van der Waals surface area contributed by atoms with Gasteiger partial charge in [0, 0.05) is 22.5 Å². The van der Waals surface area contributed by atoms with Crippen molar-refractivity contribution in [1.82, 2.24) is 0 Å². The third-order valence-electron chi connectivity index (χ3n) is 8.99. The van der Waals surface area contributed by atoms with Crippen LogP contribution in [0.4, 0.5) is 17.1 Å². The lowest BCUT2D eigenvalue weighted by atomic mass is 9.79. The molecule has 0 aliphatic heterocycles. The maximum Gasteiger partial charge on any atom is 0.0468 e. The smallest absolute Gasteiger partial charge is 0.0468 e. The molecule has 1 nitrogen and oxygen atoms in total. The van der Waals surface area contributed by atoms with Crippen molar-refractivity contribution in [2.24, 2.45) is 0 Å². The van der Waals surface area contributed by atoms with Gasteiger partial charge in [-0.3, -0.25) is 0 Å². The van der Waals surface area contributed by atoms with Gasteiger partial charge in [-0.15, -0.1) is 0 Å². The van der Waals surface area contributed by atoms with Crippen LogP contribution in [0.25, 0.3) is 43.4 Å². The van der Waals surface area contributed by atoms with Gasteiger partial charge in [-0.2, -0.15) is 0 Å². The Labute approximate surface area is 241 Å². The van der Waals surface area contributed by atoms with Crippen LogP contribution in [0.2, 0.25) is 0 Å². The Morgan fingerprint density at radius 2 is 1.12 bits per heavy atom. The lowest BCUT2D eigenvalue weighted by Gasteiger charge is -2.26. The number of hydrogen-bond acceptors (Lipinski definition) is 1. The quantitative estimate of drug-likeness (QED) is 0.207. The average molecular weight is 526 g/mol. The van der Waals surface area contributed by atoms with E-state index in [2.05, 4.69) is 159 Å². The summed E-state index contributed by atoms with van der Waals surface area (Å²) >= 11 is 0. The molecule has 7 aromatic carbocycles. The number of fused-ring (bicyclic) bond motifs is 9. The van der Waals surface area contributed by atoms with E-state index in [1.807, 2.05) is 0 Å². The summed E-state index contributed by atoms with van der Waals surface area (Å²) in [6.07, 6.45) is 0. The molecule has 1 aliphatic rings. The van der Waals surface area contributed by atoms with Crippen molar-refractivity contribution < 1.29 is 0 Å². The minimum absolute atomic E-state index is 0.117. The van der Waals surface area contributed by atoms with Crippen LogP contribution in [0, 0.1) is 6.92 Å². The lowest BCUT2D eigenvalue weighted by molar-refractivity contribution is 0.667. The number of anilines is 3. The van der Waals surface area contributed by atoms with Crippen LogP contribution in [0.15, 0.2) is 133 Å². The van der Waals surface area contributed by atoms with E-state index in [-0.39, 0.29) is 5.41 Å². The monoisotopic (exact) mass is 525 g/mol. The molecule has 0 N–H and O–H groups in total. The van der Waals surface area contributed by atoms with Crippen LogP contribution < -0.4 is 4.90 Å². The van der Waals surface area contributed by atoms with Gasteiger partial charge >= 0.3 is 0 Å². The molecule has 7 aromatic rings. The van der Waals surface area contributed by atoms with Crippen LogP contribution in [0.5, 0.6) is 0 Å². The van der Waals surface area contributed by atoms with E-state index in [0.717, 1.165) is 5.69 Å². The van der Waals surface area contributed by atoms with Gasteiger partial charge in [-0.05, 0) is 116 Å². The normalized spacial score (nSPS) is 13.4. The third-order valence-corrected chi connectivity index (χ3v) is 8.99. The molecule has 1 aliphatic carbocycles. The van der Waals surface area contributed by atoms with Gasteiger partial charge in [0.15, 0.2) is 0 Å². The molecule has 0 fully saturated rings. The highest BCUT2D eigenvalue weighted by Crippen LogP contribution is 2.55. The van der Waals surface area contributed by atoms with Crippen LogP contribution in [0.1, 0.15) is 30.5 Å². The highest BCUT2D eigenvalue weighted by Gasteiger charge is 2.38. The molecular formula is C40H31N. The fourth-order valence-electron chi connectivity index (χ4n) is 7.14. The highest BCUT2D eigenvalue weighted by molar-refractivity contribution is 6.19. The first-order chi connectivity index (χ1) is 20.0. The summed E-state index contributed by atoms with van der Waals surface area (Å²) in [5.41, 5.74) is 10.2. The molecule has 0 aromatic heterocycles. The summed E-state index contributed by atoms with van der Waals surface area (Å²) in [5.74, 6) is 0. The predicted molar refractivity (Wildman–Crippen MR) is 176 cm³/mol. The standard InChI is InChI=1S/C40H31N/c1-26-12-11-15-30(22-26)41(29-13-5-4-6-14-29)31-21-20-27-24-36-37(25-28(27)23-31)40(2,3)39-35-19-10-8-17-33(35)32-16-7-9-18-34(32)38(36)39/h4-25H,1-3H3. The van der Waals surface area contributed by atoms with Crippen LogP contribution in [-0.4, -0.2) is 0 Å². The van der Waals surface area contributed by atoms with E-state index in [4.69, 9.17) is 0 Å². The second-order valence-corrected chi connectivity index (χ2v) is 11.9. The minimum Gasteiger partial charge on any atom is -0.310 e. The Balaban J connectivity index is 1.38. The molecule has 0 unspecified atom stereocenters. The van der Waals surface area contributed by atoms with Gasteiger partial charge in [-0.1, -0.05) is 98.8 Å². The largest absolute Gasteiger partial charge is 0.310 e. The molecule has 0 saturated carbocycles. The number of benzene rings is 7. The third kappa shape index (κ3) is 3.55. The molecule has 8 rings (SSSR count). The van der Waals surface area contributed by atoms with Gasteiger partial charge in [0.05, 0.1) is 0 Å². The van der Waals surface area contributed by atoms with Gasteiger partial charge in [0.1, 0.15) is 0 Å². The topological polar surface area (TPSA) is 3.24 Å². The Bertz CT molecular complexity index is 2140. The molecule has 0 radical (unpaired) electrons. The highest BCUT2D eigenvalue weighted by atomic mass is 15.1. The number of para-hydroxylation sites is 1. The molecule has 41 heavy (non-hydrogen) atoms. The first kappa shape index (κ1) is 24.0. The summed E-state index contributed by atoms with van der Waals surface area (Å²) in [5, 5.41) is 7.92. The predicted octanol–water partition coefficient (Wildman–Crippen LogP) is 11.2. The molecule has 1 heteroatoms. The van der Waals surface area contributed by atoms with Gasteiger partial charge in [-0.25, -0.2) is 0 Å². The molecule has 0 atom stereocenters. The summed E-state index contributed by atoms with van der Waals surface area (Å²) in [4.78, 5) is 2.36. The van der Waals surface area contributed by atoms with E-state index in [9.17, 15) is 0 Å². The van der Waals surface area contributed by atoms with Crippen molar-refractivity contribution in [1.29, 1.82) is 0 Å². The number of nitrogens with zero attached hydrogens (tertiary/aromatic N) is 1. The molecule has 0 amide bonds. The van der Waals surface area contributed by atoms with Crippen molar-refractivity contribution in [2.45, 2.75) is 26.2 Å². The molecular weight excluding hydrogens is 494 g/mol. The lowest BCUT2D eigenvalue weighted by Crippen LogP contribution is -2.15. The van der Waals surface area contributed by atoms with Gasteiger partial charge in [0.25, 0.3) is 0 Å². The summed E-state index contributed by atoms with van der Waals surface area (Å²) in [6, 6.07) is 49.1. The van der Waals surface area contributed by atoms with E-state index in [0.29, 0.717) is 0 Å². The Morgan fingerprint density at radius 3 is 1.88 bits per heavy atom. The number of aryl methyl sites for hydroxylation is 1. The first-order valence-corrected chi connectivity index (χ1v) is 14.5. The molecule has 0 heterocycles. The Kier molecular flexibility index (Phi) is 5.15. The Morgan fingerprint density at radius 1 is 0.488 bits per heavy atom.